The fourth-order valence-corrected chi connectivity index (χ4v) is 3.86. The average Bonchev–Trinajstić information content (AvgIpc) is 2.98. The highest BCUT2D eigenvalue weighted by molar-refractivity contribution is 14.0. The van der Waals surface area contributed by atoms with E-state index in [2.05, 4.69) is 47.9 Å². The number of aliphatic imine (C=N–C) groups is 1. The molecule has 2 heterocycles. The summed E-state index contributed by atoms with van der Waals surface area (Å²) < 4.78 is 0. The lowest BCUT2D eigenvalue weighted by molar-refractivity contribution is 0.403. The number of nitrogens with one attached hydrogen (secondary N) is 1. The Balaban J connectivity index is 0.00000242. The summed E-state index contributed by atoms with van der Waals surface area (Å²) in [6.07, 6.45) is 2.60. The summed E-state index contributed by atoms with van der Waals surface area (Å²) in [5.41, 5.74) is 1.14. The van der Waals surface area contributed by atoms with E-state index in [0.717, 1.165) is 48.1 Å². The molecule has 0 radical (unpaired) electrons. The summed E-state index contributed by atoms with van der Waals surface area (Å²) in [5, 5.41) is 4.61. The van der Waals surface area contributed by atoms with Crippen molar-refractivity contribution in [3.8, 4) is 0 Å². The molecule has 1 aliphatic heterocycles. The summed E-state index contributed by atoms with van der Waals surface area (Å²) in [6.45, 7) is 11.8. The molecule has 0 saturated carbocycles. The Hall–Kier alpha value is -0.370. The molecule has 1 unspecified atom stereocenters. The van der Waals surface area contributed by atoms with Crippen molar-refractivity contribution >= 4 is 41.3 Å². The van der Waals surface area contributed by atoms with Crippen LogP contribution in [0.2, 0.25) is 0 Å². The van der Waals surface area contributed by atoms with Crippen molar-refractivity contribution in [3.05, 3.63) is 15.6 Å². The molecule has 0 aromatic carbocycles. The highest BCUT2D eigenvalue weighted by atomic mass is 127. The molecule has 1 aromatic rings. The summed E-state index contributed by atoms with van der Waals surface area (Å²) >= 11 is 1.77. The van der Waals surface area contributed by atoms with E-state index in [1.54, 1.807) is 11.3 Å². The number of thiazole rings is 1. The van der Waals surface area contributed by atoms with E-state index in [1.807, 2.05) is 7.05 Å². The van der Waals surface area contributed by atoms with Gasteiger partial charge in [0.2, 0.25) is 0 Å². The highest BCUT2D eigenvalue weighted by Crippen LogP contribution is 2.23. The lowest BCUT2D eigenvalue weighted by Crippen LogP contribution is -2.39. The number of likely N-dealkylation sites (tertiary alicyclic amines) is 1. The fourth-order valence-electron chi connectivity index (χ4n) is 2.99. The molecule has 2 rings (SSSR count). The van der Waals surface area contributed by atoms with Crippen LogP contribution < -0.4 is 5.32 Å². The van der Waals surface area contributed by atoms with Crippen LogP contribution in [0.4, 0.5) is 0 Å². The molecule has 1 saturated heterocycles. The topological polar surface area (TPSA) is 40.5 Å². The van der Waals surface area contributed by atoms with Crippen molar-refractivity contribution in [2.45, 2.75) is 47.1 Å². The number of hydrogen-bond donors (Lipinski definition) is 1. The van der Waals surface area contributed by atoms with Crippen molar-refractivity contribution in [3.63, 3.8) is 0 Å². The number of aryl methyl sites for hydroxylation is 2. The van der Waals surface area contributed by atoms with Gasteiger partial charge in [-0.2, -0.15) is 0 Å². The summed E-state index contributed by atoms with van der Waals surface area (Å²) in [7, 11) is 1.87. The SMILES string of the molecule is CN=C(NCc1nc(C)c(C)s1)N1CCC(CC(C)C)C1.I. The van der Waals surface area contributed by atoms with E-state index in [-0.39, 0.29) is 24.0 Å². The third-order valence-electron chi connectivity index (χ3n) is 4.07. The first-order valence-corrected chi connectivity index (χ1v) is 8.69. The molecule has 4 nitrogen and oxygen atoms in total. The van der Waals surface area contributed by atoms with Gasteiger partial charge in [0, 0.05) is 25.0 Å². The van der Waals surface area contributed by atoms with Gasteiger partial charge in [-0.3, -0.25) is 4.99 Å². The Morgan fingerprint density at radius 2 is 2.18 bits per heavy atom. The van der Waals surface area contributed by atoms with E-state index in [9.17, 15) is 0 Å². The molecule has 6 heteroatoms. The number of guanidine groups is 1. The van der Waals surface area contributed by atoms with Gasteiger partial charge in [0.05, 0.1) is 12.2 Å². The first kappa shape index (κ1) is 19.7. The first-order chi connectivity index (χ1) is 9.99. The maximum atomic E-state index is 4.58. The van der Waals surface area contributed by atoms with E-state index in [1.165, 1.54) is 17.7 Å². The fraction of sp³-hybridized carbons (Fsp3) is 0.750. The molecule has 22 heavy (non-hydrogen) atoms. The monoisotopic (exact) mass is 436 g/mol. The van der Waals surface area contributed by atoms with Crippen molar-refractivity contribution in [1.29, 1.82) is 0 Å². The third kappa shape index (κ3) is 5.37. The van der Waals surface area contributed by atoms with Crippen LogP contribution in [0.15, 0.2) is 4.99 Å². The smallest absolute Gasteiger partial charge is 0.194 e. The number of hydrogen-bond acceptors (Lipinski definition) is 3. The molecular weight excluding hydrogens is 407 g/mol. The van der Waals surface area contributed by atoms with E-state index >= 15 is 0 Å². The molecule has 1 fully saturated rings. The number of nitrogens with zero attached hydrogens (tertiary/aromatic N) is 3. The maximum absolute atomic E-state index is 4.58. The Bertz CT molecular complexity index is 479. The zero-order chi connectivity index (χ0) is 15.4. The minimum absolute atomic E-state index is 0. The third-order valence-corrected chi connectivity index (χ3v) is 5.15. The maximum Gasteiger partial charge on any atom is 0.194 e. The second kappa shape index (κ2) is 9.05. The van der Waals surface area contributed by atoms with Gasteiger partial charge in [-0.05, 0) is 38.5 Å². The minimum atomic E-state index is 0. The minimum Gasteiger partial charge on any atom is -0.350 e. The molecule has 0 spiro atoms. The van der Waals surface area contributed by atoms with Crippen molar-refractivity contribution in [1.82, 2.24) is 15.2 Å². The normalized spacial score (nSPS) is 18.7. The van der Waals surface area contributed by atoms with E-state index < -0.39 is 0 Å². The lowest BCUT2D eigenvalue weighted by atomic mass is 9.97. The Morgan fingerprint density at radius 1 is 1.45 bits per heavy atom. The van der Waals surface area contributed by atoms with E-state index in [0.29, 0.717) is 0 Å². The Labute approximate surface area is 155 Å². The average molecular weight is 436 g/mol. The predicted molar refractivity (Wildman–Crippen MR) is 106 cm³/mol. The van der Waals surface area contributed by atoms with Gasteiger partial charge < -0.3 is 10.2 Å². The molecule has 0 aliphatic carbocycles. The molecule has 126 valence electrons. The van der Waals surface area contributed by atoms with Crippen LogP contribution in [-0.4, -0.2) is 36.0 Å². The lowest BCUT2D eigenvalue weighted by Gasteiger charge is -2.21. The number of aromatic nitrogens is 1. The zero-order valence-electron chi connectivity index (χ0n) is 14.3. The van der Waals surface area contributed by atoms with Gasteiger partial charge in [0.25, 0.3) is 0 Å². The number of rotatable bonds is 4. The summed E-state index contributed by atoms with van der Waals surface area (Å²) in [6, 6.07) is 0. The van der Waals surface area contributed by atoms with Gasteiger partial charge in [0.1, 0.15) is 5.01 Å². The van der Waals surface area contributed by atoms with Crippen LogP contribution in [0.25, 0.3) is 0 Å². The second-order valence-corrected chi connectivity index (χ2v) is 7.67. The van der Waals surface area contributed by atoms with Crippen LogP contribution in [0.5, 0.6) is 0 Å². The van der Waals surface area contributed by atoms with Gasteiger partial charge in [-0.25, -0.2) is 4.98 Å². The quantitative estimate of drug-likeness (QED) is 0.443. The Morgan fingerprint density at radius 3 is 2.73 bits per heavy atom. The Kier molecular flexibility index (Phi) is 8.10. The molecule has 1 aliphatic rings. The summed E-state index contributed by atoms with van der Waals surface area (Å²) in [4.78, 5) is 12.7. The molecular formula is C16H29IN4S. The highest BCUT2D eigenvalue weighted by Gasteiger charge is 2.25. The van der Waals surface area contributed by atoms with Gasteiger partial charge in [-0.15, -0.1) is 35.3 Å². The molecule has 1 atom stereocenters. The van der Waals surface area contributed by atoms with Gasteiger partial charge in [0.15, 0.2) is 5.96 Å². The van der Waals surface area contributed by atoms with Crippen LogP contribution in [0.3, 0.4) is 0 Å². The van der Waals surface area contributed by atoms with Gasteiger partial charge >= 0.3 is 0 Å². The zero-order valence-corrected chi connectivity index (χ0v) is 17.5. The number of halogens is 1. The predicted octanol–water partition coefficient (Wildman–Crippen LogP) is 3.82. The van der Waals surface area contributed by atoms with Crippen LogP contribution in [0.1, 0.15) is 42.3 Å². The standard InChI is InChI=1S/C16H28N4S.HI/c1-11(2)8-14-6-7-20(10-14)16(17-5)18-9-15-19-12(3)13(4)21-15;/h11,14H,6-10H2,1-5H3,(H,17,18);1H. The molecule has 0 bridgehead atoms. The second-order valence-electron chi connectivity index (χ2n) is 6.38. The van der Waals surface area contributed by atoms with Crippen LogP contribution in [-0.2, 0) is 6.54 Å². The molecule has 0 amide bonds. The molecule has 1 aromatic heterocycles. The summed E-state index contributed by atoms with van der Waals surface area (Å²) in [5.74, 6) is 2.62. The van der Waals surface area contributed by atoms with Crippen LogP contribution >= 0.6 is 35.3 Å². The largest absolute Gasteiger partial charge is 0.350 e. The van der Waals surface area contributed by atoms with E-state index in [4.69, 9.17) is 0 Å². The van der Waals surface area contributed by atoms with Crippen molar-refractivity contribution < 1.29 is 0 Å². The van der Waals surface area contributed by atoms with Crippen molar-refractivity contribution in [2.75, 3.05) is 20.1 Å². The van der Waals surface area contributed by atoms with Crippen LogP contribution in [0, 0.1) is 25.7 Å². The first-order valence-electron chi connectivity index (χ1n) is 7.88. The molecule has 1 N–H and O–H groups in total. The van der Waals surface area contributed by atoms with Gasteiger partial charge in [-0.1, -0.05) is 13.8 Å². The van der Waals surface area contributed by atoms with Crippen molar-refractivity contribution in [2.24, 2.45) is 16.8 Å².